The van der Waals surface area contributed by atoms with E-state index in [1.807, 2.05) is 48.5 Å². The zero-order chi connectivity index (χ0) is 18.3. The van der Waals surface area contributed by atoms with Gasteiger partial charge in [0.15, 0.2) is 0 Å². The molecule has 1 heterocycles. The third-order valence-corrected chi connectivity index (χ3v) is 6.87. The predicted molar refractivity (Wildman–Crippen MR) is 104 cm³/mol. The Morgan fingerprint density at radius 1 is 0.846 bits per heavy atom. The number of fused-ring (bicyclic) bond motifs is 2. The lowest BCUT2D eigenvalue weighted by Crippen LogP contribution is -2.33. The molecule has 0 radical (unpaired) electrons. The molecular formula is C20H16BrNO3S. The normalized spacial score (nSPS) is 13.8. The van der Waals surface area contributed by atoms with Crippen molar-refractivity contribution in [1.82, 2.24) is 4.31 Å². The van der Waals surface area contributed by atoms with Crippen LogP contribution in [0.15, 0.2) is 82.2 Å². The molecule has 0 saturated heterocycles. The van der Waals surface area contributed by atoms with Crippen molar-refractivity contribution >= 4 is 26.0 Å². The second kappa shape index (κ2) is 6.54. The number of rotatable bonds is 3. The minimum Gasteiger partial charge on any atom is -0.457 e. The molecule has 1 aliphatic rings. The Bertz CT molecular complexity index is 1020. The van der Waals surface area contributed by atoms with Crippen LogP contribution in [0.3, 0.4) is 0 Å². The van der Waals surface area contributed by atoms with Crippen LogP contribution in [-0.4, -0.2) is 19.8 Å². The summed E-state index contributed by atoms with van der Waals surface area (Å²) in [5, 5.41) is 0. The van der Waals surface area contributed by atoms with Gasteiger partial charge in [0, 0.05) is 22.6 Å². The number of hydrogen-bond donors (Lipinski definition) is 0. The maximum atomic E-state index is 13.2. The highest BCUT2D eigenvalue weighted by atomic mass is 79.9. The van der Waals surface area contributed by atoms with Crippen LogP contribution >= 0.6 is 15.9 Å². The molecule has 0 N–H and O–H groups in total. The largest absolute Gasteiger partial charge is 0.457 e. The molecule has 0 saturated carbocycles. The first-order chi connectivity index (χ1) is 12.5. The molecule has 3 aromatic rings. The highest BCUT2D eigenvalue weighted by Gasteiger charge is 2.36. The van der Waals surface area contributed by atoms with E-state index < -0.39 is 16.1 Å². The predicted octanol–water partition coefficient (Wildman–Crippen LogP) is 4.96. The average Bonchev–Trinajstić information content (AvgIpc) is 2.66. The van der Waals surface area contributed by atoms with Gasteiger partial charge in [0.05, 0.1) is 10.9 Å². The second-order valence-electron chi connectivity index (χ2n) is 6.06. The van der Waals surface area contributed by atoms with Gasteiger partial charge in [-0.1, -0.05) is 52.3 Å². The van der Waals surface area contributed by atoms with Crippen molar-refractivity contribution < 1.29 is 13.2 Å². The summed E-state index contributed by atoms with van der Waals surface area (Å²) in [4.78, 5) is 0.254. The number of benzene rings is 3. The minimum absolute atomic E-state index is 0.254. The summed E-state index contributed by atoms with van der Waals surface area (Å²) in [6, 6.07) is 21.3. The van der Waals surface area contributed by atoms with Gasteiger partial charge < -0.3 is 4.74 Å². The van der Waals surface area contributed by atoms with Crippen molar-refractivity contribution in [2.45, 2.75) is 10.9 Å². The fourth-order valence-electron chi connectivity index (χ4n) is 3.19. The van der Waals surface area contributed by atoms with E-state index in [4.69, 9.17) is 4.74 Å². The molecule has 3 aromatic carbocycles. The van der Waals surface area contributed by atoms with E-state index in [-0.39, 0.29) is 4.90 Å². The van der Waals surface area contributed by atoms with Crippen molar-refractivity contribution in [1.29, 1.82) is 0 Å². The number of halogens is 1. The van der Waals surface area contributed by atoms with Crippen LogP contribution in [0.4, 0.5) is 0 Å². The summed E-state index contributed by atoms with van der Waals surface area (Å²) in [6.07, 6.45) is 0. The Morgan fingerprint density at radius 3 is 1.88 bits per heavy atom. The van der Waals surface area contributed by atoms with Crippen molar-refractivity contribution in [3.63, 3.8) is 0 Å². The zero-order valence-electron chi connectivity index (χ0n) is 14.0. The van der Waals surface area contributed by atoms with E-state index in [2.05, 4.69) is 15.9 Å². The number of para-hydroxylation sites is 2. The van der Waals surface area contributed by atoms with Gasteiger partial charge >= 0.3 is 0 Å². The monoisotopic (exact) mass is 429 g/mol. The summed E-state index contributed by atoms with van der Waals surface area (Å²) < 4.78 is 34.7. The van der Waals surface area contributed by atoms with Crippen LogP contribution in [0.1, 0.15) is 17.2 Å². The van der Waals surface area contributed by atoms with Crippen LogP contribution in [0.25, 0.3) is 0 Å². The van der Waals surface area contributed by atoms with Gasteiger partial charge in [-0.15, -0.1) is 0 Å². The van der Waals surface area contributed by atoms with Crippen LogP contribution in [0, 0.1) is 0 Å². The van der Waals surface area contributed by atoms with Gasteiger partial charge in [0.25, 0.3) is 0 Å². The summed E-state index contributed by atoms with van der Waals surface area (Å²) in [5.41, 5.74) is 1.66. The summed E-state index contributed by atoms with van der Waals surface area (Å²) in [5.74, 6) is 1.35. The minimum atomic E-state index is -3.68. The van der Waals surface area contributed by atoms with E-state index in [0.717, 1.165) is 15.6 Å². The molecular weight excluding hydrogens is 414 g/mol. The molecule has 0 atom stereocenters. The molecule has 4 rings (SSSR count). The molecule has 6 heteroatoms. The summed E-state index contributed by atoms with van der Waals surface area (Å²) in [6.45, 7) is 0. The molecule has 0 spiro atoms. The molecule has 26 heavy (non-hydrogen) atoms. The van der Waals surface area contributed by atoms with E-state index in [1.54, 1.807) is 31.3 Å². The molecule has 0 unspecified atom stereocenters. The Kier molecular flexibility index (Phi) is 4.34. The second-order valence-corrected chi connectivity index (χ2v) is 8.97. The van der Waals surface area contributed by atoms with Crippen molar-refractivity contribution in [3.8, 4) is 11.5 Å². The molecule has 132 valence electrons. The molecule has 1 aliphatic heterocycles. The topological polar surface area (TPSA) is 46.6 Å². The summed E-state index contributed by atoms with van der Waals surface area (Å²) in [7, 11) is -2.07. The third kappa shape index (κ3) is 2.84. The number of sulfonamides is 1. The number of hydrogen-bond acceptors (Lipinski definition) is 3. The van der Waals surface area contributed by atoms with Gasteiger partial charge in [0.1, 0.15) is 11.5 Å². The maximum Gasteiger partial charge on any atom is 0.243 e. The maximum absolute atomic E-state index is 13.2. The Labute approximate surface area is 161 Å². The Hall–Kier alpha value is -2.15. The van der Waals surface area contributed by atoms with Crippen molar-refractivity contribution in [2.75, 3.05) is 7.05 Å². The van der Waals surface area contributed by atoms with Crippen LogP contribution in [0.5, 0.6) is 11.5 Å². The van der Waals surface area contributed by atoms with Gasteiger partial charge in [-0.25, -0.2) is 8.42 Å². The van der Waals surface area contributed by atoms with E-state index in [1.165, 1.54) is 4.31 Å². The third-order valence-electron chi connectivity index (χ3n) is 4.50. The molecule has 0 bridgehead atoms. The summed E-state index contributed by atoms with van der Waals surface area (Å²) >= 11 is 3.34. The van der Waals surface area contributed by atoms with Crippen molar-refractivity contribution in [2.24, 2.45) is 0 Å². The van der Waals surface area contributed by atoms with Gasteiger partial charge in [-0.3, -0.25) is 0 Å². The molecule has 4 nitrogen and oxygen atoms in total. The highest BCUT2D eigenvalue weighted by Crippen LogP contribution is 2.46. The fourth-order valence-corrected chi connectivity index (χ4v) is 4.77. The number of nitrogens with zero attached hydrogens (tertiary/aromatic N) is 1. The van der Waals surface area contributed by atoms with Crippen LogP contribution < -0.4 is 4.74 Å². The lowest BCUT2D eigenvalue weighted by atomic mass is 9.95. The van der Waals surface area contributed by atoms with Crippen molar-refractivity contribution in [3.05, 3.63) is 88.4 Å². The molecule has 0 aliphatic carbocycles. The van der Waals surface area contributed by atoms with E-state index in [0.29, 0.717) is 11.5 Å². The SMILES string of the molecule is CN(C1c2ccccc2Oc2ccccc21)S(=O)(=O)c1ccc(Br)cc1. The Morgan fingerprint density at radius 2 is 1.35 bits per heavy atom. The first-order valence-corrected chi connectivity index (χ1v) is 10.3. The molecule has 0 amide bonds. The lowest BCUT2D eigenvalue weighted by molar-refractivity contribution is 0.367. The van der Waals surface area contributed by atoms with Gasteiger partial charge in [0.2, 0.25) is 10.0 Å². The standard InChI is InChI=1S/C20H16BrNO3S/c1-22(26(23,24)15-12-10-14(21)11-13-15)20-16-6-2-4-8-18(16)25-19-9-5-3-7-17(19)20/h2-13,20H,1H3. The average molecular weight is 430 g/mol. The molecule has 0 aromatic heterocycles. The lowest BCUT2D eigenvalue weighted by Gasteiger charge is -2.33. The first-order valence-electron chi connectivity index (χ1n) is 8.08. The highest BCUT2D eigenvalue weighted by molar-refractivity contribution is 9.10. The first kappa shape index (κ1) is 17.3. The van der Waals surface area contributed by atoms with E-state index in [9.17, 15) is 8.42 Å². The van der Waals surface area contributed by atoms with Crippen LogP contribution in [-0.2, 0) is 10.0 Å². The molecule has 0 fully saturated rings. The quantitative estimate of drug-likeness (QED) is 0.590. The zero-order valence-corrected chi connectivity index (χ0v) is 16.4. The van der Waals surface area contributed by atoms with E-state index >= 15 is 0 Å². The fraction of sp³-hybridized carbons (Fsp3) is 0.100. The smallest absolute Gasteiger partial charge is 0.243 e. The Balaban J connectivity index is 1.86. The van der Waals surface area contributed by atoms with Crippen LogP contribution in [0.2, 0.25) is 0 Å². The number of ether oxygens (including phenoxy) is 1. The van der Waals surface area contributed by atoms with Gasteiger partial charge in [-0.2, -0.15) is 4.31 Å². The van der Waals surface area contributed by atoms with Gasteiger partial charge in [-0.05, 0) is 36.4 Å².